The highest BCUT2D eigenvalue weighted by Gasteiger charge is 2.42. The summed E-state index contributed by atoms with van der Waals surface area (Å²) >= 11 is 0. The van der Waals surface area contributed by atoms with E-state index in [4.69, 9.17) is 4.42 Å². The van der Waals surface area contributed by atoms with Crippen LogP contribution in [0, 0.1) is 12.3 Å². The summed E-state index contributed by atoms with van der Waals surface area (Å²) in [4.78, 5) is 14.1. The largest absolute Gasteiger partial charge is 0.465 e. The maximum Gasteiger partial charge on any atom is 0.225 e. The molecular formula is C20H28N4O. The maximum atomic E-state index is 5.78. The summed E-state index contributed by atoms with van der Waals surface area (Å²) in [7, 11) is 0. The number of piperidine rings is 1. The number of aryl methyl sites for hydroxylation is 2. The van der Waals surface area contributed by atoms with Crippen LogP contribution in [-0.4, -0.2) is 41.0 Å². The van der Waals surface area contributed by atoms with Crippen molar-refractivity contribution in [1.29, 1.82) is 0 Å². The summed E-state index contributed by atoms with van der Waals surface area (Å²) in [6, 6.07) is 4.17. The fourth-order valence-corrected chi connectivity index (χ4v) is 4.37. The van der Waals surface area contributed by atoms with Gasteiger partial charge in [0.1, 0.15) is 11.5 Å². The van der Waals surface area contributed by atoms with Gasteiger partial charge in [-0.1, -0.05) is 6.92 Å². The van der Waals surface area contributed by atoms with Crippen molar-refractivity contribution in [1.82, 2.24) is 14.9 Å². The number of nitrogens with zero attached hydrogens (tertiary/aromatic N) is 4. The monoisotopic (exact) mass is 340 g/mol. The van der Waals surface area contributed by atoms with E-state index in [0.717, 1.165) is 50.1 Å². The van der Waals surface area contributed by atoms with Crippen LogP contribution in [0.3, 0.4) is 0 Å². The topological polar surface area (TPSA) is 45.4 Å². The van der Waals surface area contributed by atoms with Crippen molar-refractivity contribution in [3.05, 3.63) is 41.6 Å². The molecule has 0 aromatic carbocycles. The molecule has 25 heavy (non-hydrogen) atoms. The Morgan fingerprint density at radius 1 is 1.12 bits per heavy atom. The molecule has 0 saturated carbocycles. The Kier molecular flexibility index (Phi) is 4.50. The van der Waals surface area contributed by atoms with Crippen LogP contribution in [0.1, 0.15) is 43.3 Å². The Hall–Kier alpha value is -1.88. The molecular weight excluding hydrogens is 312 g/mol. The van der Waals surface area contributed by atoms with Crippen LogP contribution >= 0.6 is 0 Å². The number of hydrogen-bond acceptors (Lipinski definition) is 5. The first-order valence-corrected chi connectivity index (χ1v) is 9.49. The van der Waals surface area contributed by atoms with E-state index in [-0.39, 0.29) is 0 Å². The second-order valence-corrected chi connectivity index (χ2v) is 7.74. The molecule has 2 aliphatic heterocycles. The number of furan rings is 1. The summed E-state index contributed by atoms with van der Waals surface area (Å²) < 4.78 is 5.78. The lowest BCUT2D eigenvalue weighted by Crippen LogP contribution is -2.44. The molecule has 2 saturated heterocycles. The average Bonchev–Trinajstić information content (AvgIpc) is 3.22. The van der Waals surface area contributed by atoms with E-state index in [0.29, 0.717) is 5.41 Å². The Labute approximate surface area is 150 Å². The number of aromatic nitrogens is 2. The first-order chi connectivity index (χ1) is 12.2. The van der Waals surface area contributed by atoms with Crippen molar-refractivity contribution in [2.75, 3.05) is 31.1 Å². The van der Waals surface area contributed by atoms with Gasteiger partial charge in [0.2, 0.25) is 5.95 Å². The lowest BCUT2D eigenvalue weighted by molar-refractivity contribution is 0.0929. The van der Waals surface area contributed by atoms with Gasteiger partial charge in [-0.25, -0.2) is 9.97 Å². The summed E-state index contributed by atoms with van der Waals surface area (Å²) in [5.74, 6) is 2.98. The standard InChI is InChI=1S/C20H28N4O/c1-3-17-11-21-19(22-12-17)24-10-8-20(15-24)7-4-9-23(14-20)13-18-6-5-16(2)25-18/h5-6,11-12H,3-4,7-10,13-15H2,1-2H3. The van der Waals surface area contributed by atoms with E-state index in [1.165, 1.54) is 31.4 Å². The molecule has 4 heterocycles. The van der Waals surface area contributed by atoms with Crippen molar-refractivity contribution in [2.45, 2.75) is 46.1 Å². The van der Waals surface area contributed by atoms with Gasteiger partial charge in [-0.2, -0.15) is 0 Å². The number of hydrogen-bond donors (Lipinski definition) is 0. The van der Waals surface area contributed by atoms with Gasteiger partial charge in [0.25, 0.3) is 0 Å². The zero-order valence-electron chi connectivity index (χ0n) is 15.4. The minimum absolute atomic E-state index is 0.382. The molecule has 0 radical (unpaired) electrons. The average molecular weight is 340 g/mol. The van der Waals surface area contributed by atoms with Crippen LogP contribution in [-0.2, 0) is 13.0 Å². The van der Waals surface area contributed by atoms with Crippen molar-refractivity contribution in [3.63, 3.8) is 0 Å². The summed E-state index contributed by atoms with van der Waals surface area (Å²) in [5, 5.41) is 0. The van der Waals surface area contributed by atoms with Gasteiger partial charge in [-0.3, -0.25) is 4.90 Å². The molecule has 0 bridgehead atoms. The second-order valence-electron chi connectivity index (χ2n) is 7.74. The lowest BCUT2D eigenvalue weighted by atomic mass is 9.79. The first-order valence-electron chi connectivity index (χ1n) is 9.49. The summed E-state index contributed by atoms with van der Waals surface area (Å²) in [6.45, 7) is 9.54. The number of anilines is 1. The molecule has 1 atom stereocenters. The molecule has 1 spiro atoms. The van der Waals surface area contributed by atoms with Gasteiger partial charge in [0, 0.05) is 37.4 Å². The van der Waals surface area contributed by atoms with Gasteiger partial charge in [0.05, 0.1) is 6.54 Å². The van der Waals surface area contributed by atoms with E-state index < -0.39 is 0 Å². The quantitative estimate of drug-likeness (QED) is 0.853. The molecule has 0 aliphatic carbocycles. The van der Waals surface area contributed by atoms with Crippen LogP contribution in [0.4, 0.5) is 5.95 Å². The maximum absolute atomic E-state index is 5.78. The molecule has 5 nitrogen and oxygen atoms in total. The second kappa shape index (κ2) is 6.79. The number of rotatable bonds is 4. The fourth-order valence-electron chi connectivity index (χ4n) is 4.37. The van der Waals surface area contributed by atoms with Crippen molar-refractivity contribution >= 4 is 5.95 Å². The smallest absolute Gasteiger partial charge is 0.225 e. The molecule has 0 amide bonds. The molecule has 0 N–H and O–H groups in total. The Morgan fingerprint density at radius 2 is 1.96 bits per heavy atom. The molecule has 5 heteroatoms. The molecule has 134 valence electrons. The Morgan fingerprint density at radius 3 is 2.68 bits per heavy atom. The SMILES string of the molecule is CCc1cnc(N2CCC3(CCCN(Cc4ccc(C)o4)C3)C2)nc1. The minimum atomic E-state index is 0.382. The van der Waals surface area contributed by atoms with Crippen LogP contribution in [0.2, 0.25) is 0 Å². The van der Waals surface area contributed by atoms with E-state index >= 15 is 0 Å². The molecule has 4 rings (SSSR count). The van der Waals surface area contributed by atoms with Gasteiger partial charge >= 0.3 is 0 Å². The van der Waals surface area contributed by atoms with Crippen molar-refractivity contribution in [2.24, 2.45) is 5.41 Å². The third-order valence-electron chi connectivity index (χ3n) is 5.74. The van der Waals surface area contributed by atoms with Gasteiger partial charge in [0.15, 0.2) is 0 Å². The summed E-state index contributed by atoms with van der Waals surface area (Å²) in [6.07, 6.45) is 8.75. The highest BCUT2D eigenvalue weighted by Crippen LogP contribution is 2.40. The predicted molar refractivity (Wildman–Crippen MR) is 98.6 cm³/mol. The van der Waals surface area contributed by atoms with Crippen LogP contribution in [0.5, 0.6) is 0 Å². The molecule has 1 unspecified atom stereocenters. The lowest BCUT2D eigenvalue weighted by Gasteiger charge is -2.40. The van der Waals surface area contributed by atoms with Crippen molar-refractivity contribution < 1.29 is 4.42 Å². The van der Waals surface area contributed by atoms with Crippen LogP contribution in [0.25, 0.3) is 0 Å². The zero-order valence-corrected chi connectivity index (χ0v) is 15.4. The fraction of sp³-hybridized carbons (Fsp3) is 0.600. The molecule has 2 aliphatic rings. The van der Waals surface area contributed by atoms with E-state index in [1.54, 1.807) is 0 Å². The normalized spacial score (nSPS) is 24.3. The molecule has 2 aromatic heterocycles. The van der Waals surface area contributed by atoms with Gasteiger partial charge < -0.3 is 9.32 Å². The highest BCUT2D eigenvalue weighted by molar-refractivity contribution is 5.33. The van der Waals surface area contributed by atoms with Crippen LogP contribution < -0.4 is 4.90 Å². The predicted octanol–water partition coefficient (Wildman–Crippen LogP) is 3.43. The highest BCUT2D eigenvalue weighted by atomic mass is 16.3. The minimum Gasteiger partial charge on any atom is -0.465 e. The summed E-state index contributed by atoms with van der Waals surface area (Å²) in [5.41, 5.74) is 1.59. The molecule has 2 fully saturated rings. The zero-order chi connectivity index (χ0) is 17.3. The van der Waals surface area contributed by atoms with E-state index in [2.05, 4.69) is 38.8 Å². The number of likely N-dealkylation sites (tertiary alicyclic amines) is 1. The van der Waals surface area contributed by atoms with Crippen molar-refractivity contribution in [3.8, 4) is 0 Å². The van der Waals surface area contributed by atoms with E-state index in [1.807, 2.05) is 19.3 Å². The first kappa shape index (κ1) is 16.6. The van der Waals surface area contributed by atoms with Crippen LogP contribution in [0.15, 0.2) is 28.9 Å². The van der Waals surface area contributed by atoms with E-state index in [9.17, 15) is 0 Å². The Bertz CT molecular complexity index is 711. The third-order valence-corrected chi connectivity index (χ3v) is 5.74. The van der Waals surface area contributed by atoms with Gasteiger partial charge in [-0.05, 0) is 56.8 Å². The van der Waals surface area contributed by atoms with Gasteiger partial charge in [-0.15, -0.1) is 0 Å². The Balaban J connectivity index is 1.41. The third kappa shape index (κ3) is 3.56. The molecule has 2 aromatic rings.